The summed E-state index contributed by atoms with van der Waals surface area (Å²) in [7, 11) is 0. The molecule has 0 radical (unpaired) electrons. The number of para-hydroxylation sites is 1. The second kappa shape index (κ2) is 6.28. The Hall–Kier alpha value is -1.23. The number of hydrogen-bond donors (Lipinski definition) is 1. The van der Waals surface area contributed by atoms with E-state index >= 15 is 0 Å². The molecule has 0 saturated carbocycles. The van der Waals surface area contributed by atoms with Crippen molar-refractivity contribution in [2.75, 3.05) is 0 Å². The summed E-state index contributed by atoms with van der Waals surface area (Å²) in [5.74, 6) is -0.320. The van der Waals surface area contributed by atoms with Crippen molar-refractivity contribution in [1.29, 1.82) is 0 Å². The van der Waals surface area contributed by atoms with Crippen LogP contribution in [0.1, 0.15) is 45.1 Å². The molecule has 1 aromatic rings. The van der Waals surface area contributed by atoms with E-state index in [0.29, 0.717) is 25.7 Å². The van der Waals surface area contributed by atoms with Gasteiger partial charge in [-0.25, -0.2) is 0 Å². The highest BCUT2D eigenvalue weighted by atomic mass is 19.4. The van der Waals surface area contributed by atoms with Gasteiger partial charge >= 0.3 is 6.36 Å². The average Bonchev–Trinajstić information content (AvgIpc) is 2.28. The van der Waals surface area contributed by atoms with Gasteiger partial charge in [-0.2, -0.15) is 0 Å². The van der Waals surface area contributed by atoms with Crippen molar-refractivity contribution in [3.8, 4) is 5.75 Å². The molecule has 5 heteroatoms. The number of hydrogen-bond acceptors (Lipinski definition) is 2. The molecule has 108 valence electrons. The molecule has 0 bridgehead atoms. The molecule has 19 heavy (non-hydrogen) atoms. The fraction of sp³-hybridized carbons (Fsp3) is 0.571. The maximum Gasteiger partial charge on any atom is 0.573 e. The van der Waals surface area contributed by atoms with E-state index in [2.05, 4.69) is 4.74 Å². The third-order valence-electron chi connectivity index (χ3n) is 2.94. The summed E-state index contributed by atoms with van der Waals surface area (Å²) >= 11 is 0. The average molecular weight is 276 g/mol. The first-order chi connectivity index (χ1) is 8.82. The van der Waals surface area contributed by atoms with E-state index in [-0.39, 0.29) is 11.3 Å². The molecule has 1 aromatic carbocycles. The Balaban J connectivity index is 3.16. The van der Waals surface area contributed by atoms with Crippen LogP contribution in [0.5, 0.6) is 5.75 Å². The van der Waals surface area contributed by atoms with Crippen LogP contribution in [0.25, 0.3) is 0 Å². The fourth-order valence-electron chi connectivity index (χ4n) is 2.29. The summed E-state index contributed by atoms with van der Waals surface area (Å²) in [4.78, 5) is 0. The smallest absolute Gasteiger partial charge is 0.405 e. The molecular weight excluding hydrogens is 257 g/mol. The van der Waals surface area contributed by atoms with Crippen molar-refractivity contribution in [2.45, 2.75) is 51.5 Å². The van der Waals surface area contributed by atoms with Crippen LogP contribution >= 0.6 is 0 Å². The van der Waals surface area contributed by atoms with Gasteiger partial charge in [-0.1, -0.05) is 44.9 Å². The summed E-state index contributed by atoms with van der Waals surface area (Å²) < 4.78 is 41.1. The zero-order chi connectivity index (χ0) is 14.5. The largest absolute Gasteiger partial charge is 0.573 e. The van der Waals surface area contributed by atoms with E-state index in [1.165, 1.54) is 18.2 Å². The Labute approximate surface area is 111 Å². The van der Waals surface area contributed by atoms with Crippen LogP contribution in [0.15, 0.2) is 24.3 Å². The third kappa shape index (κ3) is 4.42. The minimum Gasteiger partial charge on any atom is -0.405 e. The van der Waals surface area contributed by atoms with Crippen molar-refractivity contribution < 1.29 is 23.0 Å². The van der Waals surface area contributed by atoms with Crippen molar-refractivity contribution in [1.82, 2.24) is 0 Å². The molecule has 0 unspecified atom stereocenters. The van der Waals surface area contributed by atoms with Crippen molar-refractivity contribution in [2.24, 2.45) is 0 Å². The van der Waals surface area contributed by atoms with Gasteiger partial charge in [0.25, 0.3) is 0 Å². The molecule has 0 aliphatic rings. The van der Waals surface area contributed by atoms with E-state index < -0.39 is 12.0 Å². The first-order valence-corrected chi connectivity index (χ1v) is 6.40. The molecule has 2 nitrogen and oxygen atoms in total. The third-order valence-corrected chi connectivity index (χ3v) is 2.94. The highest BCUT2D eigenvalue weighted by molar-refractivity contribution is 5.38. The lowest BCUT2D eigenvalue weighted by molar-refractivity contribution is -0.275. The van der Waals surface area contributed by atoms with Crippen LogP contribution in [-0.2, 0) is 5.60 Å². The maximum atomic E-state index is 12.4. The number of halogens is 3. The summed E-state index contributed by atoms with van der Waals surface area (Å²) in [6.45, 7) is 3.77. The normalized spacial score (nSPS) is 12.5. The highest BCUT2D eigenvalue weighted by Gasteiger charge is 2.36. The topological polar surface area (TPSA) is 29.5 Å². The van der Waals surface area contributed by atoms with E-state index in [1.54, 1.807) is 6.07 Å². The molecular formula is C14H19F3O2. The molecule has 0 fully saturated rings. The molecule has 0 aliphatic heterocycles. The predicted octanol–water partition coefficient (Wildman–Crippen LogP) is 4.37. The van der Waals surface area contributed by atoms with Crippen LogP contribution in [0.4, 0.5) is 13.2 Å². The van der Waals surface area contributed by atoms with Crippen LogP contribution in [-0.4, -0.2) is 11.5 Å². The molecule has 0 heterocycles. The lowest BCUT2D eigenvalue weighted by Gasteiger charge is -2.30. The van der Waals surface area contributed by atoms with Crippen LogP contribution in [0.2, 0.25) is 0 Å². The SMILES string of the molecule is CCCC(O)(CCC)c1ccccc1OC(F)(F)F. The van der Waals surface area contributed by atoms with Crippen LogP contribution in [0.3, 0.4) is 0 Å². The molecule has 0 atom stereocenters. The number of rotatable bonds is 6. The molecule has 0 amide bonds. The number of alkyl halides is 3. The van der Waals surface area contributed by atoms with Crippen LogP contribution in [0, 0.1) is 0 Å². The molecule has 1 rings (SSSR count). The van der Waals surface area contributed by atoms with E-state index in [9.17, 15) is 18.3 Å². The Morgan fingerprint density at radius 1 is 1.05 bits per heavy atom. The van der Waals surface area contributed by atoms with Gasteiger partial charge in [0.05, 0.1) is 5.60 Å². The number of aliphatic hydroxyl groups is 1. The van der Waals surface area contributed by atoms with Gasteiger partial charge in [0.15, 0.2) is 0 Å². The van der Waals surface area contributed by atoms with Crippen LogP contribution < -0.4 is 4.74 Å². The van der Waals surface area contributed by atoms with Gasteiger partial charge < -0.3 is 9.84 Å². The first-order valence-electron chi connectivity index (χ1n) is 6.40. The lowest BCUT2D eigenvalue weighted by atomic mass is 9.85. The molecule has 0 aromatic heterocycles. The summed E-state index contributed by atoms with van der Waals surface area (Å²) in [5.41, 5.74) is -1.07. The maximum absolute atomic E-state index is 12.4. The van der Waals surface area contributed by atoms with E-state index in [4.69, 9.17) is 0 Å². The monoisotopic (exact) mass is 276 g/mol. The van der Waals surface area contributed by atoms with Gasteiger partial charge in [0.2, 0.25) is 0 Å². The first kappa shape index (κ1) is 15.8. The van der Waals surface area contributed by atoms with Gasteiger partial charge in [0.1, 0.15) is 5.75 Å². The zero-order valence-electron chi connectivity index (χ0n) is 11.1. The Kier molecular flexibility index (Phi) is 5.23. The minimum absolute atomic E-state index is 0.205. The number of benzene rings is 1. The van der Waals surface area contributed by atoms with Crippen molar-refractivity contribution in [3.63, 3.8) is 0 Å². The fourth-order valence-corrected chi connectivity index (χ4v) is 2.29. The molecule has 0 saturated heterocycles. The van der Waals surface area contributed by atoms with E-state index in [1.807, 2.05) is 13.8 Å². The standard InChI is InChI=1S/C14H19F3O2/c1-3-9-13(18,10-4-2)11-7-5-6-8-12(11)19-14(15,16)17/h5-8,18H,3-4,9-10H2,1-2H3. The quantitative estimate of drug-likeness (QED) is 0.835. The number of ether oxygens (including phenoxy) is 1. The zero-order valence-corrected chi connectivity index (χ0v) is 11.1. The van der Waals surface area contributed by atoms with Gasteiger partial charge in [0, 0.05) is 5.56 Å². The molecule has 0 spiro atoms. The summed E-state index contributed by atoms with van der Waals surface area (Å²) in [5, 5.41) is 10.6. The Morgan fingerprint density at radius 2 is 1.58 bits per heavy atom. The minimum atomic E-state index is -4.75. The van der Waals surface area contributed by atoms with Gasteiger partial charge in [-0.15, -0.1) is 13.2 Å². The van der Waals surface area contributed by atoms with Crippen molar-refractivity contribution in [3.05, 3.63) is 29.8 Å². The summed E-state index contributed by atoms with van der Waals surface area (Å²) in [6.07, 6.45) is -2.60. The second-order valence-corrected chi connectivity index (χ2v) is 4.58. The Morgan fingerprint density at radius 3 is 2.05 bits per heavy atom. The molecule has 0 aliphatic carbocycles. The summed E-state index contributed by atoms with van der Waals surface area (Å²) in [6, 6.07) is 5.79. The molecule has 1 N–H and O–H groups in total. The predicted molar refractivity (Wildman–Crippen MR) is 66.8 cm³/mol. The highest BCUT2D eigenvalue weighted by Crippen LogP contribution is 2.38. The van der Waals surface area contributed by atoms with E-state index in [0.717, 1.165) is 0 Å². The Bertz CT molecular complexity index is 396. The lowest BCUT2D eigenvalue weighted by Crippen LogP contribution is -2.28. The van der Waals surface area contributed by atoms with Gasteiger partial charge in [-0.3, -0.25) is 0 Å². The second-order valence-electron chi connectivity index (χ2n) is 4.58. The van der Waals surface area contributed by atoms with Crippen molar-refractivity contribution >= 4 is 0 Å². The van der Waals surface area contributed by atoms with Gasteiger partial charge in [-0.05, 0) is 18.9 Å².